The Balaban J connectivity index is 0.000000370. The van der Waals surface area contributed by atoms with E-state index in [1.165, 1.54) is 19.3 Å². The van der Waals surface area contributed by atoms with E-state index in [9.17, 15) is 23.5 Å². The van der Waals surface area contributed by atoms with Crippen LogP contribution in [0, 0.1) is 17.6 Å². The molecular weight excluding hydrogens is 366 g/mol. The summed E-state index contributed by atoms with van der Waals surface area (Å²) in [5, 5.41) is 18.0. The zero-order valence-corrected chi connectivity index (χ0v) is 16.6. The van der Waals surface area contributed by atoms with Crippen LogP contribution < -0.4 is 0 Å². The molecule has 0 bridgehead atoms. The molecule has 158 valence electrons. The maximum absolute atomic E-state index is 13.0. The van der Waals surface area contributed by atoms with Crippen LogP contribution in [0.2, 0.25) is 0 Å². The number of benzene rings is 1. The predicted octanol–water partition coefficient (Wildman–Crippen LogP) is 5.52. The van der Waals surface area contributed by atoms with Crippen molar-refractivity contribution in [3.8, 4) is 0 Å². The summed E-state index contributed by atoms with van der Waals surface area (Å²) in [5.41, 5.74) is -0.101. The first-order chi connectivity index (χ1) is 13.3. The lowest BCUT2D eigenvalue weighted by atomic mass is 9.96. The van der Waals surface area contributed by atoms with Crippen LogP contribution in [0.15, 0.2) is 18.2 Å². The molecule has 0 aliphatic heterocycles. The van der Waals surface area contributed by atoms with E-state index in [0.717, 1.165) is 50.7 Å². The summed E-state index contributed by atoms with van der Waals surface area (Å²) in [6, 6.07) is 2.64. The first kappa shape index (κ1) is 24.2. The monoisotopic (exact) mass is 398 g/mol. The number of aliphatic hydroxyl groups excluding tert-OH is 1. The van der Waals surface area contributed by atoms with Gasteiger partial charge in [-0.05, 0) is 37.3 Å². The number of unbranched alkanes of at least 4 members (excludes halogenated alkanes) is 3. The number of hydrogen-bond donors (Lipinski definition) is 2. The molecule has 0 radical (unpaired) electrons. The molecule has 0 heterocycles. The highest BCUT2D eigenvalue weighted by Crippen LogP contribution is 2.29. The van der Waals surface area contributed by atoms with Gasteiger partial charge in [0.1, 0.15) is 17.7 Å². The van der Waals surface area contributed by atoms with Gasteiger partial charge >= 0.3 is 5.97 Å². The highest BCUT2D eigenvalue weighted by molar-refractivity contribution is 5.99. The summed E-state index contributed by atoms with van der Waals surface area (Å²) in [4.78, 5) is 21.8. The van der Waals surface area contributed by atoms with E-state index in [4.69, 9.17) is 5.11 Å². The summed E-state index contributed by atoms with van der Waals surface area (Å²) in [6.45, 7) is 2.11. The SMILES string of the molecule is CCCCCCC(=O)O.O=C(c1cc(F)cc(F)c1)C(O)CCC1CCCC1. The van der Waals surface area contributed by atoms with E-state index in [1.807, 2.05) is 0 Å². The minimum absolute atomic E-state index is 0.101. The predicted molar refractivity (Wildman–Crippen MR) is 104 cm³/mol. The number of Topliss-reactive ketones (excluding diaryl/α,β-unsaturated/α-hetero) is 1. The largest absolute Gasteiger partial charge is 0.481 e. The Labute approximate surface area is 166 Å². The fourth-order valence-electron chi connectivity index (χ4n) is 3.42. The number of halogens is 2. The fraction of sp³-hybridized carbons (Fsp3) is 0.636. The van der Waals surface area contributed by atoms with Gasteiger partial charge in [0.2, 0.25) is 0 Å². The molecule has 1 aliphatic rings. The maximum atomic E-state index is 13.0. The van der Waals surface area contributed by atoms with Gasteiger partial charge in [0.25, 0.3) is 0 Å². The first-order valence-electron chi connectivity index (χ1n) is 10.2. The lowest BCUT2D eigenvalue weighted by Crippen LogP contribution is -2.21. The lowest BCUT2D eigenvalue weighted by Gasteiger charge is -2.13. The highest BCUT2D eigenvalue weighted by Gasteiger charge is 2.22. The molecule has 1 atom stereocenters. The van der Waals surface area contributed by atoms with Gasteiger partial charge in [0.05, 0.1) is 0 Å². The summed E-state index contributed by atoms with van der Waals surface area (Å²) in [5.74, 6) is -2.30. The molecule has 0 spiro atoms. The summed E-state index contributed by atoms with van der Waals surface area (Å²) >= 11 is 0. The molecule has 1 fully saturated rings. The molecule has 1 aromatic rings. The number of aliphatic hydroxyl groups is 1. The third-order valence-electron chi connectivity index (χ3n) is 5.02. The minimum atomic E-state index is -1.17. The van der Waals surface area contributed by atoms with Gasteiger partial charge in [-0.2, -0.15) is 0 Å². The number of aliphatic carboxylic acids is 1. The third kappa shape index (κ3) is 9.93. The van der Waals surface area contributed by atoms with Crippen molar-refractivity contribution in [1.82, 2.24) is 0 Å². The Hall–Kier alpha value is -1.82. The number of carboxylic acid groups (broad SMARTS) is 1. The van der Waals surface area contributed by atoms with Crippen molar-refractivity contribution in [3.05, 3.63) is 35.4 Å². The van der Waals surface area contributed by atoms with E-state index in [-0.39, 0.29) is 5.56 Å². The van der Waals surface area contributed by atoms with Gasteiger partial charge in [-0.1, -0.05) is 51.9 Å². The van der Waals surface area contributed by atoms with Crippen LogP contribution in [-0.4, -0.2) is 28.1 Å². The van der Waals surface area contributed by atoms with Crippen molar-refractivity contribution in [2.24, 2.45) is 5.92 Å². The summed E-state index contributed by atoms with van der Waals surface area (Å²) in [7, 11) is 0. The highest BCUT2D eigenvalue weighted by atomic mass is 19.1. The van der Waals surface area contributed by atoms with Crippen molar-refractivity contribution in [1.29, 1.82) is 0 Å². The van der Waals surface area contributed by atoms with E-state index in [0.29, 0.717) is 24.8 Å². The van der Waals surface area contributed by atoms with Crippen LogP contribution in [0.5, 0.6) is 0 Å². The van der Waals surface area contributed by atoms with Crippen molar-refractivity contribution in [3.63, 3.8) is 0 Å². The zero-order chi connectivity index (χ0) is 20.9. The van der Waals surface area contributed by atoms with Gasteiger partial charge in [-0.15, -0.1) is 0 Å². The molecule has 1 aliphatic carbocycles. The Kier molecular flexibility index (Phi) is 11.6. The van der Waals surface area contributed by atoms with Gasteiger partial charge in [0, 0.05) is 18.1 Å². The molecule has 28 heavy (non-hydrogen) atoms. The Morgan fingerprint density at radius 1 is 1.07 bits per heavy atom. The average Bonchev–Trinajstić information content (AvgIpc) is 3.16. The average molecular weight is 398 g/mol. The molecule has 0 saturated heterocycles. The molecule has 4 nitrogen and oxygen atoms in total. The normalized spacial score (nSPS) is 15.0. The van der Waals surface area contributed by atoms with Gasteiger partial charge in [-0.25, -0.2) is 8.78 Å². The number of carbonyl (C=O) groups is 2. The number of ketones is 1. The molecule has 0 amide bonds. The van der Waals surface area contributed by atoms with Crippen molar-refractivity contribution in [2.75, 3.05) is 0 Å². The van der Waals surface area contributed by atoms with Gasteiger partial charge < -0.3 is 10.2 Å². The fourth-order valence-corrected chi connectivity index (χ4v) is 3.42. The van der Waals surface area contributed by atoms with Gasteiger partial charge in [0.15, 0.2) is 5.78 Å². The smallest absolute Gasteiger partial charge is 0.303 e. The molecule has 1 unspecified atom stereocenters. The van der Waals surface area contributed by atoms with Crippen LogP contribution in [0.1, 0.15) is 87.9 Å². The topological polar surface area (TPSA) is 74.6 Å². The van der Waals surface area contributed by atoms with E-state index < -0.39 is 29.5 Å². The van der Waals surface area contributed by atoms with E-state index >= 15 is 0 Å². The van der Waals surface area contributed by atoms with Crippen LogP contribution in [-0.2, 0) is 4.79 Å². The molecule has 1 saturated carbocycles. The molecule has 6 heteroatoms. The summed E-state index contributed by atoms with van der Waals surface area (Å²) in [6.07, 6.45) is 9.27. The standard InChI is InChI=1S/C15H18F2O2.C7H14O2/c16-12-7-11(8-13(17)9-12)15(19)14(18)6-5-10-3-1-2-4-10;1-2-3-4-5-6-7(8)9/h7-10,14,18H,1-6H2;2-6H2,1H3,(H,8,9). The number of hydrogen-bond acceptors (Lipinski definition) is 3. The second-order valence-electron chi connectivity index (χ2n) is 7.47. The van der Waals surface area contributed by atoms with Crippen LogP contribution in [0.4, 0.5) is 8.78 Å². The minimum Gasteiger partial charge on any atom is -0.481 e. The van der Waals surface area contributed by atoms with E-state index in [1.54, 1.807) is 0 Å². The first-order valence-corrected chi connectivity index (χ1v) is 10.2. The Bertz CT molecular complexity index is 592. The van der Waals surface area contributed by atoms with Crippen LogP contribution in [0.25, 0.3) is 0 Å². The quantitative estimate of drug-likeness (QED) is 0.402. The van der Waals surface area contributed by atoms with Crippen molar-refractivity contribution >= 4 is 11.8 Å². The number of carboxylic acids is 1. The lowest BCUT2D eigenvalue weighted by molar-refractivity contribution is -0.137. The van der Waals surface area contributed by atoms with Crippen molar-refractivity contribution < 1.29 is 28.6 Å². The summed E-state index contributed by atoms with van der Waals surface area (Å²) < 4.78 is 26.0. The second kappa shape index (κ2) is 13.4. The Morgan fingerprint density at radius 3 is 2.21 bits per heavy atom. The molecular formula is C22H32F2O4. The molecule has 1 aromatic carbocycles. The molecule has 0 aromatic heterocycles. The molecule has 2 rings (SSSR count). The zero-order valence-electron chi connectivity index (χ0n) is 16.6. The van der Waals surface area contributed by atoms with Crippen molar-refractivity contribution in [2.45, 2.75) is 83.7 Å². The van der Waals surface area contributed by atoms with E-state index in [2.05, 4.69) is 6.92 Å². The third-order valence-corrected chi connectivity index (χ3v) is 5.02. The van der Waals surface area contributed by atoms with Gasteiger partial charge in [-0.3, -0.25) is 9.59 Å². The number of carbonyl (C=O) groups excluding carboxylic acids is 1. The maximum Gasteiger partial charge on any atom is 0.303 e. The molecule has 2 N–H and O–H groups in total. The van der Waals surface area contributed by atoms with Crippen LogP contribution in [0.3, 0.4) is 0 Å². The van der Waals surface area contributed by atoms with Crippen LogP contribution >= 0.6 is 0 Å². The Morgan fingerprint density at radius 2 is 1.68 bits per heavy atom. The second-order valence-corrected chi connectivity index (χ2v) is 7.47. The number of rotatable bonds is 10.